The SMILES string of the molecule is COc1c(O)cc2cc3[n+](cc2c1OC)CCc1cc2c(cc1-3)OCO2. The Morgan fingerprint density at radius 1 is 1.00 bits per heavy atom. The Bertz CT molecular complexity index is 1060. The van der Waals surface area contributed by atoms with Crippen molar-refractivity contribution in [3.8, 4) is 40.0 Å². The zero-order valence-electron chi connectivity index (χ0n) is 14.5. The number of pyridine rings is 1. The molecule has 0 amide bonds. The molecule has 1 N–H and O–H groups in total. The summed E-state index contributed by atoms with van der Waals surface area (Å²) in [5.41, 5.74) is 3.43. The van der Waals surface area contributed by atoms with Gasteiger partial charge in [-0.25, -0.2) is 0 Å². The lowest BCUT2D eigenvalue weighted by Crippen LogP contribution is -2.40. The molecule has 0 fully saturated rings. The molecule has 132 valence electrons. The summed E-state index contributed by atoms with van der Waals surface area (Å²) in [6.45, 7) is 1.12. The number of rotatable bonds is 2. The van der Waals surface area contributed by atoms with Crippen LogP contribution in [0.3, 0.4) is 0 Å². The second kappa shape index (κ2) is 5.42. The number of hydrogen-bond donors (Lipinski definition) is 1. The van der Waals surface area contributed by atoms with Crippen LogP contribution in [-0.4, -0.2) is 26.1 Å². The molecule has 0 bridgehead atoms. The third kappa shape index (κ3) is 2.02. The summed E-state index contributed by atoms with van der Waals surface area (Å²) in [6.07, 6.45) is 2.96. The molecule has 0 aliphatic carbocycles. The number of aromatic hydroxyl groups is 1. The minimum Gasteiger partial charge on any atom is -0.504 e. The molecule has 0 saturated carbocycles. The van der Waals surface area contributed by atoms with E-state index in [-0.39, 0.29) is 12.5 Å². The first-order valence-electron chi connectivity index (χ1n) is 8.43. The molecule has 0 atom stereocenters. The van der Waals surface area contributed by atoms with E-state index in [2.05, 4.69) is 22.9 Å². The van der Waals surface area contributed by atoms with Gasteiger partial charge in [-0.2, -0.15) is 4.57 Å². The maximum absolute atomic E-state index is 10.3. The molecule has 5 rings (SSSR count). The zero-order chi connectivity index (χ0) is 17.8. The van der Waals surface area contributed by atoms with E-state index < -0.39 is 0 Å². The Hall–Kier alpha value is -3.15. The van der Waals surface area contributed by atoms with E-state index in [9.17, 15) is 5.11 Å². The Labute approximate surface area is 150 Å². The Balaban J connectivity index is 1.78. The second-order valence-corrected chi connectivity index (χ2v) is 6.43. The molecule has 0 saturated heterocycles. The normalized spacial score (nSPS) is 14.1. The summed E-state index contributed by atoms with van der Waals surface area (Å²) in [5.74, 6) is 2.52. The van der Waals surface area contributed by atoms with Gasteiger partial charge in [-0.15, -0.1) is 0 Å². The first-order valence-corrected chi connectivity index (χ1v) is 8.43. The molecule has 6 heteroatoms. The molecule has 0 radical (unpaired) electrons. The number of phenolic OH excluding ortho intramolecular Hbond substituents is 1. The number of aryl methyl sites for hydroxylation is 2. The van der Waals surface area contributed by atoms with Crippen LogP contribution in [0.15, 0.2) is 30.5 Å². The van der Waals surface area contributed by atoms with E-state index in [0.717, 1.165) is 46.5 Å². The number of phenols is 1. The van der Waals surface area contributed by atoms with Gasteiger partial charge in [-0.1, -0.05) is 0 Å². The van der Waals surface area contributed by atoms with Crippen molar-refractivity contribution in [2.75, 3.05) is 21.0 Å². The van der Waals surface area contributed by atoms with Gasteiger partial charge in [-0.05, 0) is 23.8 Å². The molecule has 2 aliphatic heterocycles. The Morgan fingerprint density at radius 3 is 2.54 bits per heavy atom. The van der Waals surface area contributed by atoms with E-state index in [0.29, 0.717) is 11.5 Å². The molecular weight excluding hydrogens is 334 g/mol. The van der Waals surface area contributed by atoms with Crippen LogP contribution in [0.5, 0.6) is 28.7 Å². The van der Waals surface area contributed by atoms with Gasteiger partial charge in [0.05, 0.1) is 25.2 Å². The number of ether oxygens (including phenoxy) is 4. The van der Waals surface area contributed by atoms with Crippen LogP contribution >= 0.6 is 0 Å². The number of benzene rings is 2. The van der Waals surface area contributed by atoms with Crippen LogP contribution in [0.25, 0.3) is 22.0 Å². The van der Waals surface area contributed by atoms with Crippen molar-refractivity contribution in [3.05, 3.63) is 36.0 Å². The Morgan fingerprint density at radius 2 is 1.77 bits per heavy atom. The van der Waals surface area contributed by atoms with Gasteiger partial charge in [0.15, 0.2) is 35.7 Å². The quantitative estimate of drug-likeness (QED) is 0.719. The highest BCUT2D eigenvalue weighted by Gasteiger charge is 2.29. The molecular formula is C20H18NO5+. The van der Waals surface area contributed by atoms with Crippen molar-refractivity contribution in [1.29, 1.82) is 0 Å². The van der Waals surface area contributed by atoms with Crippen LogP contribution in [0.1, 0.15) is 5.56 Å². The second-order valence-electron chi connectivity index (χ2n) is 6.43. The lowest BCUT2D eigenvalue weighted by atomic mass is 9.95. The van der Waals surface area contributed by atoms with Gasteiger partial charge in [0.1, 0.15) is 0 Å². The van der Waals surface area contributed by atoms with Crippen LogP contribution < -0.4 is 23.5 Å². The van der Waals surface area contributed by atoms with E-state index in [4.69, 9.17) is 18.9 Å². The standard InChI is InChI=1S/C20H17NO5/c1-23-19-14-9-21-4-3-11-7-17-18(26-10-25-17)8-13(11)15(21)5-12(14)6-16(22)20(19)24-2/h5-9H,3-4,10H2,1-2H3/p+1. The highest BCUT2D eigenvalue weighted by molar-refractivity contribution is 5.93. The van der Waals surface area contributed by atoms with Gasteiger partial charge in [0, 0.05) is 17.9 Å². The van der Waals surface area contributed by atoms with E-state index in [1.807, 2.05) is 6.07 Å². The summed E-state index contributed by atoms with van der Waals surface area (Å²) >= 11 is 0. The summed E-state index contributed by atoms with van der Waals surface area (Å²) in [7, 11) is 3.10. The lowest BCUT2D eigenvalue weighted by molar-refractivity contribution is -0.686. The largest absolute Gasteiger partial charge is 0.504 e. The maximum Gasteiger partial charge on any atom is 0.231 e. The van der Waals surface area contributed by atoms with E-state index in [1.165, 1.54) is 12.7 Å². The maximum atomic E-state index is 10.3. The van der Waals surface area contributed by atoms with Gasteiger partial charge < -0.3 is 24.1 Å². The van der Waals surface area contributed by atoms with Crippen molar-refractivity contribution >= 4 is 10.8 Å². The number of nitrogens with zero attached hydrogens (tertiary/aromatic N) is 1. The lowest BCUT2D eigenvalue weighted by Gasteiger charge is -2.17. The fraction of sp³-hybridized carbons (Fsp3) is 0.250. The highest BCUT2D eigenvalue weighted by atomic mass is 16.7. The van der Waals surface area contributed by atoms with Crippen LogP contribution in [0, 0.1) is 0 Å². The van der Waals surface area contributed by atoms with Crippen LogP contribution in [-0.2, 0) is 13.0 Å². The first kappa shape index (κ1) is 15.1. The average molecular weight is 352 g/mol. The molecule has 3 aromatic rings. The fourth-order valence-corrected chi connectivity index (χ4v) is 3.86. The molecule has 0 spiro atoms. The highest BCUT2D eigenvalue weighted by Crippen LogP contribution is 2.44. The fourth-order valence-electron chi connectivity index (χ4n) is 3.86. The predicted octanol–water partition coefficient (Wildman–Crippen LogP) is 2.80. The number of methoxy groups -OCH3 is 2. The minimum atomic E-state index is 0.0588. The van der Waals surface area contributed by atoms with Crippen molar-refractivity contribution in [2.45, 2.75) is 13.0 Å². The van der Waals surface area contributed by atoms with Crippen molar-refractivity contribution in [2.24, 2.45) is 0 Å². The predicted molar refractivity (Wildman–Crippen MR) is 94.2 cm³/mol. The molecule has 1 aromatic heterocycles. The number of hydrogen-bond acceptors (Lipinski definition) is 5. The van der Waals surface area contributed by atoms with Crippen molar-refractivity contribution < 1.29 is 28.6 Å². The average Bonchev–Trinajstić information content (AvgIpc) is 3.11. The summed E-state index contributed by atoms with van der Waals surface area (Å²) in [4.78, 5) is 0. The number of fused-ring (bicyclic) bond motifs is 5. The first-order chi connectivity index (χ1) is 12.7. The molecule has 2 aromatic carbocycles. The minimum absolute atomic E-state index is 0.0588. The van der Waals surface area contributed by atoms with Crippen molar-refractivity contribution in [1.82, 2.24) is 0 Å². The van der Waals surface area contributed by atoms with Crippen LogP contribution in [0.2, 0.25) is 0 Å². The number of aromatic nitrogens is 1. The summed E-state index contributed by atoms with van der Waals surface area (Å²) < 4.78 is 24.1. The molecule has 0 unspecified atom stereocenters. The van der Waals surface area contributed by atoms with E-state index in [1.54, 1.807) is 13.2 Å². The smallest absolute Gasteiger partial charge is 0.231 e. The van der Waals surface area contributed by atoms with Gasteiger partial charge >= 0.3 is 0 Å². The molecule has 6 nitrogen and oxygen atoms in total. The molecule has 2 aliphatic rings. The third-order valence-electron chi connectivity index (χ3n) is 5.08. The van der Waals surface area contributed by atoms with E-state index >= 15 is 0 Å². The van der Waals surface area contributed by atoms with Gasteiger partial charge in [0.2, 0.25) is 18.2 Å². The van der Waals surface area contributed by atoms with Gasteiger partial charge in [-0.3, -0.25) is 0 Å². The molecule has 3 heterocycles. The van der Waals surface area contributed by atoms with Crippen molar-refractivity contribution in [3.63, 3.8) is 0 Å². The summed E-state index contributed by atoms with van der Waals surface area (Å²) in [5, 5.41) is 12.1. The zero-order valence-corrected chi connectivity index (χ0v) is 14.5. The summed E-state index contributed by atoms with van der Waals surface area (Å²) in [6, 6.07) is 7.88. The molecule has 26 heavy (non-hydrogen) atoms. The monoisotopic (exact) mass is 352 g/mol. The Kier molecular flexibility index (Phi) is 3.16. The van der Waals surface area contributed by atoms with Gasteiger partial charge in [0.25, 0.3) is 0 Å². The van der Waals surface area contributed by atoms with Crippen LogP contribution in [0.4, 0.5) is 0 Å². The third-order valence-corrected chi connectivity index (χ3v) is 5.08. The topological polar surface area (TPSA) is 61.0 Å².